The number of carbonyl (C=O) groups is 1. The Labute approximate surface area is 182 Å². The summed E-state index contributed by atoms with van der Waals surface area (Å²) in [5.74, 6) is 0.000400. The first kappa shape index (κ1) is 26.6. The summed E-state index contributed by atoms with van der Waals surface area (Å²) in [4.78, 5) is 13.2. The molecule has 0 saturated carbocycles. The Morgan fingerprint density at radius 1 is 0.967 bits per heavy atom. The van der Waals surface area contributed by atoms with Crippen LogP contribution in [0.4, 0.5) is 0 Å². The topological polar surface area (TPSA) is 72.8 Å². The molecule has 6 heteroatoms. The molecule has 0 heterocycles. The van der Waals surface area contributed by atoms with Crippen LogP contribution in [0.1, 0.15) is 84.9 Å². The Morgan fingerprint density at radius 2 is 1.37 bits per heavy atom. The number of phenols is 1. The van der Waals surface area contributed by atoms with Gasteiger partial charge in [-0.1, -0.05) is 61.5 Å². The summed E-state index contributed by atoms with van der Waals surface area (Å²) in [7, 11) is -0.996. The molecule has 30 heavy (non-hydrogen) atoms. The third-order valence-electron chi connectivity index (χ3n) is 5.81. The fraction of sp³-hybridized carbons (Fsp3) is 0.625. The number of hydrogen-bond donors (Lipinski definition) is 1. The summed E-state index contributed by atoms with van der Waals surface area (Å²) >= 11 is 0. The predicted octanol–water partition coefficient (Wildman–Crippen LogP) is 6.61. The highest BCUT2D eigenvalue weighted by Gasteiger charge is 2.52. The van der Waals surface area contributed by atoms with Gasteiger partial charge in [0.25, 0.3) is 0 Å². The lowest BCUT2D eigenvalue weighted by Crippen LogP contribution is -2.37. The van der Waals surface area contributed by atoms with Crippen LogP contribution in [0.25, 0.3) is 6.08 Å². The van der Waals surface area contributed by atoms with Crippen LogP contribution in [0, 0.1) is 0 Å². The van der Waals surface area contributed by atoms with Gasteiger partial charge in [-0.15, -0.1) is 0 Å². The number of benzene rings is 1. The van der Waals surface area contributed by atoms with Crippen LogP contribution in [-0.4, -0.2) is 30.3 Å². The lowest BCUT2D eigenvalue weighted by atomic mass is 9.78. The summed E-state index contributed by atoms with van der Waals surface area (Å²) < 4.78 is 23.6. The highest BCUT2D eigenvalue weighted by Crippen LogP contribution is 2.62. The monoisotopic (exact) mass is 438 g/mol. The third kappa shape index (κ3) is 5.07. The fourth-order valence-electron chi connectivity index (χ4n) is 3.77. The summed E-state index contributed by atoms with van der Waals surface area (Å²) in [6, 6.07) is 3.81. The zero-order chi connectivity index (χ0) is 23.5. The van der Waals surface area contributed by atoms with Gasteiger partial charge < -0.3 is 14.2 Å². The van der Waals surface area contributed by atoms with Crippen molar-refractivity contribution >= 4 is 19.5 Å². The predicted molar refractivity (Wildman–Crippen MR) is 124 cm³/mol. The molecule has 0 saturated heterocycles. The average Bonchev–Trinajstić information content (AvgIpc) is 2.66. The minimum atomic E-state index is -3.62. The number of phenolic OH excluding ortho intramolecular Hbond substituents is 1. The van der Waals surface area contributed by atoms with Crippen LogP contribution in [-0.2, 0) is 29.2 Å². The number of carbonyl (C=O) groups excluding carboxylic acids is 1. The van der Waals surface area contributed by atoms with Crippen LogP contribution >= 0.6 is 7.60 Å². The van der Waals surface area contributed by atoms with E-state index in [1.807, 2.05) is 67.5 Å². The first-order valence-corrected chi connectivity index (χ1v) is 12.0. The van der Waals surface area contributed by atoms with E-state index in [0.29, 0.717) is 18.6 Å². The summed E-state index contributed by atoms with van der Waals surface area (Å²) in [6.45, 7) is 15.9. The van der Waals surface area contributed by atoms with E-state index >= 15 is 0 Å². The van der Waals surface area contributed by atoms with Crippen LogP contribution in [0.3, 0.4) is 0 Å². The van der Waals surface area contributed by atoms with Gasteiger partial charge in [0.15, 0.2) is 5.78 Å². The highest BCUT2D eigenvalue weighted by atomic mass is 31.2. The molecule has 0 radical (unpaired) electrons. The van der Waals surface area contributed by atoms with E-state index in [4.69, 9.17) is 9.05 Å². The van der Waals surface area contributed by atoms with Crippen LogP contribution in [0.15, 0.2) is 18.2 Å². The average molecular weight is 439 g/mol. The molecule has 0 aliphatic carbocycles. The van der Waals surface area contributed by atoms with Crippen molar-refractivity contribution in [2.24, 2.45) is 0 Å². The molecule has 5 nitrogen and oxygen atoms in total. The molecule has 0 unspecified atom stereocenters. The molecule has 1 aromatic carbocycles. The van der Waals surface area contributed by atoms with Crippen molar-refractivity contribution in [3.05, 3.63) is 34.9 Å². The van der Waals surface area contributed by atoms with Gasteiger partial charge in [0, 0.05) is 25.3 Å². The fourth-order valence-corrected chi connectivity index (χ4v) is 5.74. The van der Waals surface area contributed by atoms with Crippen molar-refractivity contribution in [2.45, 2.75) is 84.2 Å². The molecular formula is C24H39O5P. The summed E-state index contributed by atoms with van der Waals surface area (Å²) in [6.07, 6.45) is 3.86. The maximum Gasteiger partial charge on any atom is 0.343 e. The molecule has 1 aromatic rings. The van der Waals surface area contributed by atoms with Gasteiger partial charge in [0.2, 0.25) is 0 Å². The minimum Gasteiger partial charge on any atom is -0.507 e. The summed E-state index contributed by atoms with van der Waals surface area (Å²) in [5, 5.41) is 9.64. The second-order valence-corrected chi connectivity index (χ2v) is 12.3. The number of rotatable bonds is 8. The maximum absolute atomic E-state index is 13.2. The zero-order valence-electron chi connectivity index (χ0n) is 20.3. The normalized spacial score (nSPS) is 13.8. The van der Waals surface area contributed by atoms with Crippen molar-refractivity contribution < 1.29 is 23.5 Å². The van der Waals surface area contributed by atoms with Crippen molar-refractivity contribution in [2.75, 3.05) is 14.2 Å². The molecular weight excluding hydrogens is 399 g/mol. The molecule has 0 bridgehead atoms. The van der Waals surface area contributed by atoms with Gasteiger partial charge in [-0.2, -0.15) is 0 Å². The Hall–Kier alpha value is -1.42. The number of allylic oxidation sites excluding steroid dienone is 1. The van der Waals surface area contributed by atoms with E-state index in [1.165, 1.54) is 20.3 Å². The number of aromatic hydroxyl groups is 1. The first-order chi connectivity index (χ1) is 13.6. The van der Waals surface area contributed by atoms with E-state index in [-0.39, 0.29) is 16.6 Å². The van der Waals surface area contributed by atoms with Gasteiger partial charge in [0.1, 0.15) is 10.9 Å². The second kappa shape index (κ2) is 9.38. The van der Waals surface area contributed by atoms with Gasteiger partial charge in [-0.05, 0) is 47.4 Å². The van der Waals surface area contributed by atoms with Crippen molar-refractivity contribution in [3.8, 4) is 5.75 Å². The van der Waals surface area contributed by atoms with Gasteiger partial charge in [-0.3, -0.25) is 9.36 Å². The van der Waals surface area contributed by atoms with Gasteiger partial charge in [0.05, 0.1) is 0 Å². The van der Waals surface area contributed by atoms with Crippen LogP contribution in [0.2, 0.25) is 0 Å². The first-order valence-electron chi connectivity index (χ1n) is 10.5. The molecule has 0 aromatic heterocycles. The molecule has 0 aliphatic rings. The maximum atomic E-state index is 13.2. The molecule has 0 aliphatic heterocycles. The molecule has 0 fully saturated rings. The Balaban J connectivity index is 3.58. The standard InChI is InChI=1S/C24H39O5P/c1-11-24(12-2,30(27,28-9)29-10)20(25)14-13-17-15-18(22(3,4)5)21(26)19(16-17)23(6,7)8/h13-16,26H,11-12H2,1-10H3. The Kier molecular flexibility index (Phi) is 8.32. The lowest BCUT2D eigenvalue weighted by Gasteiger charge is -2.34. The van der Waals surface area contributed by atoms with Crippen LogP contribution in [0.5, 0.6) is 5.75 Å². The Morgan fingerprint density at radius 3 is 1.67 bits per heavy atom. The molecule has 0 atom stereocenters. The lowest BCUT2D eigenvalue weighted by molar-refractivity contribution is -0.117. The molecule has 1 rings (SSSR count). The van der Waals surface area contributed by atoms with E-state index < -0.39 is 12.8 Å². The van der Waals surface area contributed by atoms with E-state index in [9.17, 15) is 14.5 Å². The summed E-state index contributed by atoms with van der Waals surface area (Å²) in [5.41, 5.74) is 1.91. The van der Waals surface area contributed by atoms with Crippen molar-refractivity contribution in [1.29, 1.82) is 0 Å². The third-order valence-corrected chi connectivity index (χ3v) is 8.67. The SMILES string of the molecule is CCC(CC)(C(=O)C=Cc1cc(C(C)(C)C)c(O)c(C(C)(C)C)c1)P(=O)(OC)OC. The van der Waals surface area contributed by atoms with E-state index in [1.54, 1.807) is 6.08 Å². The molecule has 1 N–H and O–H groups in total. The van der Waals surface area contributed by atoms with Crippen molar-refractivity contribution in [1.82, 2.24) is 0 Å². The zero-order valence-corrected chi connectivity index (χ0v) is 21.1. The number of ketones is 1. The largest absolute Gasteiger partial charge is 0.507 e. The van der Waals surface area contributed by atoms with E-state index in [0.717, 1.165) is 16.7 Å². The van der Waals surface area contributed by atoms with Gasteiger partial charge >= 0.3 is 7.60 Å². The number of hydrogen-bond acceptors (Lipinski definition) is 5. The second-order valence-electron chi connectivity index (χ2n) is 9.76. The van der Waals surface area contributed by atoms with E-state index in [2.05, 4.69) is 0 Å². The highest BCUT2D eigenvalue weighted by molar-refractivity contribution is 7.56. The quantitative estimate of drug-likeness (QED) is 0.365. The Bertz CT molecular complexity index is 793. The molecule has 0 amide bonds. The smallest absolute Gasteiger partial charge is 0.343 e. The molecule has 0 spiro atoms. The minimum absolute atomic E-state index is 0.268. The van der Waals surface area contributed by atoms with Gasteiger partial charge in [-0.25, -0.2) is 0 Å². The molecule has 170 valence electrons. The van der Waals surface area contributed by atoms with Crippen molar-refractivity contribution in [3.63, 3.8) is 0 Å². The van der Waals surface area contributed by atoms with Crippen LogP contribution < -0.4 is 0 Å².